The molecule has 0 aromatic heterocycles. The van der Waals surface area contributed by atoms with Gasteiger partial charge in [0.15, 0.2) is 0 Å². The summed E-state index contributed by atoms with van der Waals surface area (Å²) in [7, 11) is 0. The molecule has 0 saturated carbocycles. The van der Waals surface area contributed by atoms with E-state index < -0.39 is 17.8 Å². The molecule has 0 spiro atoms. The Balaban J connectivity index is 2.35. The number of benzene rings is 2. The van der Waals surface area contributed by atoms with E-state index in [1.54, 1.807) is 19.1 Å². The van der Waals surface area contributed by atoms with Gasteiger partial charge in [-0.15, -0.1) is 0 Å². The van der Waals surface area contributed by atoms with Crippen molar-refractivity contribution in [2.24, 2.45) is 0 Å². The van der Waals surface area contributed by atoms with Gasteiger partial charge in [0, 0.05) is 0 Å². The molecular weight excluding hydrogens is 349 g/mol. The molecule has 2 nitrogen and oxygen atoms in total. The van der Waals surface area contributed by atoms with Gasteiger partial charge in [0.1, 0.15) is 11.5 Å². The lowest BCUT2D eigenvalue weighted by molar-refractivity contribution is -0.138. The second-order valence-corrected chi connectivity index (χ2v) is 5.32. The van der Waals surface area contributed by atoms with Crippen LogP contribution in [0.25, 0.3) is 0 Å². The zero-order chi connectivity index (χ0) is 15.6. The SMILES string of the molecule is C[C@@H](O)c1ccc(Oc2ccccc2C(F)(F)F)c(Br)c1. The van der Waals surface area contributed by atoms with E-state index >= 15 is 0 Å². The van der Waals surface area contributed by atoms with E-state index in [4.69, 9.17) is 4.74 Å². The fourth-order valence-electron chi connectivity index (χ4n) is 1.77. The van der Waals surface area contributed by atoms with Crippen LogP contribution in [0, 0.1) is 0 Å². The Bertz CT molecular complexity index is 639. The number of aliphatic hydroxyl groups is 1. The van der Waals surface area contributed by atoms with E-state index in [1.807, 2.05) is 0 Å². The van der Waals surface area contributed by atoms with Gasteiger partial charge < -0.3 is 9.84 Å². The molecule has 0 radical (unpaired) electrons. The fraction of sp³-hybridized carbons (Fsp3) is 0.200. The average Bonchev–Trinajstić information content (AvgIpc) is 2.40. The van der Waals surface area contributed by atoms with Crippen molar-refractivity contribution < 1.29 is 23.0 Å². The Morgan fingerprint density at radius 2 is 1.76 bits per heavy atom. The highest BCUT2D eigenvalue weighted by atomic mass is 79.9. The standard InChI is InChI=1S/C15H12BrF3O2/c1-9(20)10-6-7-14(12(16)8-10)21-13-5-3-2-4-11(13)15(17,18)19/h2-9,20H,1H3/t9-/m1/s1. The molecule has 6 heteroatoms. The molecule has 21 heavy (non-hydrogen) atoms. The molecule has 0 bridgehead atoms. The summed E-state index contributed by atoms with van der Waals surface area (Å²) in [6, 6.07) is 9.73. The summed E-state index contributed by atoms with van der Waals surface area (Å²) in [5.74, 6) is -0.0217. The molecule has 0 aliphatic carbocycles. The van der Waals surface area contributed by atoms with Crippen LogP contribution in [0.2, 0.25) is 0 Å². The largest absolute Gasteiger partial charge is 0.456 e. The minimum Gasteiger partial charge on any atom is -0.456 e. The predicted octanol–water partition coefficient (Wildman–Crippen LogP) is 5.31. The topological polar surface area (TPSA) is 29.5 Å². The van der Waals surface area contributed by atoms with E-state index in [9.17, 15) is 18.3 Å². The third kappa shape index (κ3) is 3.77. The second-order valence-electron chi connectivity index (χ2n) is 4.46. The molecule has 0 aliphatic rings. The van der Waals surface area contributed by atoms with Crippen molar-refractivity contribution >= 4 is 15.9 Å². The van der Waals surface area contributed by atoms with E-state index in [-0.39, 0.29) is 11.5 Å². The van der Waals surface area contributed by atoms with Crippen LogP contribution in [0.15, 0.2) is 46.9 Å². The third-order valence-electron chi connectivity index (χ3n) is 2.85. The van der Waals surface area contributed by atoms with Crippen molar-refractivity contribution in [3.05, 3.63) is 58.1 Å². The number of rotatable bonds is 3. The van der Waals surface area contributed by atoms with Crippen LogP contribution >= 0.6 is 15.9 Å². The number of hydrogen-bond acceptors (Lipinski definition) is 2. The number of alkyl halides is 3. The van der Waals surface area contributed by atoms with Gasteiger partial charge in [-0.05, 0) is 52.7 Å². The van der Waals surface area contributed by atoms with E-state index in [2.05, 4.69) is 15.9 Å². The lowest BCUT2D eigenvalue weighted by Crippen LogP contribution is -2.06. The first-order valence-corrected chi connectivity index (χ1v) is 6.90. The Morgan fingerprint density at radius 1 is 1.10 bits per heavy atom. The maximum Gasteiger partial charge on any atom is 0.419 e. The van der Waals surface area contributed by atoms with Gasteiger partial charge in [0.25, 0.3) is 0 Å². The van der Waals surface area contributed by atoms with Crippen LogP contribution in [0.3, 0.4) is 0 Å². The van der Waals surface area contributed by atoms with Gasteiger partial charge in [-0.25, -0.2) is 0 Å². The highest BCUT2D eigenvalue weighted by Gasteiger charge is 2.34. The number of aliphatic hydroxyl groups excluding tert-OH is 1. The highest BCUT2D eigenvalue weighted by molar-refractivity contribution is 9.10. The molecule has 2 rings (SSSR count). The zero-order valence-electron chi connectivity index (χ0n) is 11.0. The van der Waals surface area contributed by atoms with Gasteiger partial charge in [0.05, 0.1) is 16.1 Å². The molecule has 0 fully saturated rings. The summed E-state index contributed by atoms with van der Waals surface area (Å²) in [6.07, 6.45) is -5.15. The maximum absolute atomic E-state index is 12.9. The maximum atomic E-state index is 12.9. The summed E-state index contributed by atoms with van der Waals surface area (Å²) >= 11 is 3.23. The smallest absolute Gasteiger partial charge is 0.419 e. The summed E-state index contributed by atoms with van der Waals surface area (Å²) < 4.78 is 44.5. The van der Waals surface area contributed by atoms with Crippen LogP contribution in [-0.2, 0) is 6.18 Å². The minimum absolute atomic E-state index is 0.246. The molecule has 1 atom stereocenters. The lowest BCUT2D eigenvalue weighted by atomic mass is 10.1. The molecule has 2 aromatic carbocycles. The van der Waals surface area contributed by atoms with Crippen LogP contribution in [0.1, 0.15) is 24.2 Å². The molecule has 112 valence electrons. The Kier molecular flexibility index (Phi) is 4.58. The fourth-order valence-corrected chi connectivity index (χ4v) is 2.25. The first kappa shape index (κ1) is 15.9. The third-order valence-corrected chi connectivity index (χ3v) is 3.47. The molecule has 1 N–H and O–H groups in total. The van der Waals surface area contributed by atoms with E-state index in [1.165, 1.54) is 24.3 Å². The minimum atomic E-state index is -4.48. The van der Waals surface area contributed by atoms with Crippen LogP contribution in [-0.4, -0.2) is 5.11 Å². The molecular formula is C15H12BrF3O2. The van der Waals surface area contributed by atoms with Crippen molar-refractivity contribution in [2.45, 2.75) is 19.2 Å². The van der Waals surface area contributed by atoms with Gasteiger partial charge in [-0.1, -0.05) is 18.2 Å². The zero-order valence-corrected chi connectivity index (χ0v) is 12.6. The summed E-state index contributed by atoms with van der Waals surface area (Å²) in [4.78, 5) is 0. The summed E-state index contributed by atoms with van der Waals surface area (Å²) in [5, 5.41) is 9.47. The first-order chi connectivity index (χ1) is 9.79. The Morgan fingerprint density at radius 3 is 2.33 bits per heavy atom. The highest BCUT2D eigenvalue weighted by Crippen LogP contribution is 2.39. The first-order valence-electron chi connectivity index (χ1n) is 6.10. The molecule has 0 heterocycles. The summed E-state index contributed by atoms with van der Waals surface area (Å²) in [5.41, 5.74) is -0.199. The van der Waals surface area contributed by atoms with Crippen molar-refractivity contribution in [1.29, 1.82) is 0 Å². The Labute approximate surface area is 128 Å². The number of para-hydroxylation sites is 1. The predicted molar refractivity (Wildman–Crippen MR) is 76.3 cm³/mol. The molecule has 0 aliphatic heterocycles. The van der Waals surface area contributed by atoms with Gasteiger partial charge >= 0.3 is 6.18 Å². The normalized spacial score (nSPS) is 13.0. The summed E-state index contributed by atoms with van der Waals surface area (Å²) in [6.45, 7) is 1.60. The van der Waals surface area contributed by atoms with Crippen LogP contribution in [0.5, 0.6) is 11.5 Å². The van der Waals surface area contributed by atoms with Crippen molar-refractivity contribution in [2.75, 3.05) is 0 Å². The number of halogens is 4. The number of hydrogen-bond donors (Lipinski definition) is 1. The van der Waals surface area contributed by atoms with Crippen LogP contribution < -0.4 is 4.74 Å². The number of ether oxygens (including phenoxy) is 1. The molecule has 0 unspecified atom stereocenters. The molecule has 0 saturated heterocycles. The Hall–Kier alpha value is -1.53. The second kappa shape index (κ2) is 6.07. The quantitative estimate of drug-likeness (QED) is 0.803. The van der Waals surface area contributed by atoms with E-state index in [0.717, 1.165) is 6.07 Å². The van der Waals surface area contributed by atoms with Gasteiger partial charge in [0.2, 0.25) is 0 Å². The van der Waals surface area contributed by atoms with E-state index in [0.29, 0.717) is 10.0 Å². The lowest BCUT2D eigenvalue weighted by Gasteiger charge is -2.15. The van der Waals surface area contributed by atoms with Crippen molar-refractivity contribution in [3.63, 3.8) is 0 Å². The average molecular weight is 361 g/mol. The van der Waals surface area contributed by atoms with Gasteiger partial charge in [-0.3, -0.25) is 0 Å². The van der Waals surface area contributed by atoms with Crippen LogP contribution in [0.4, 0.5) is 13.2 Å². The van der Waals surface area contributed by atoms with Gasteiger partial charge in [-0.2, -0.15) is 13.2 Å². The van der Waals surface area contributed by atoms with Crippen molar-refractivity contribution in [1.82, 2.24) is 0 Å². The molecule has 0 amide bonds. The van der Waals surface area contributed by atoms with Crippen molar-refractivity contribution in [3.8, 4) is 11.5 Å². The monoisotopic (exact) mass is 360 g/mol. The molecule has 2 aromatic rings.